The van der Waals surface area contributed by atoms with E-state index in [-0.39, 0.29) is 24.0 Å². The number of ether oxygens (including phenoxy) is 1. The molecule has 0 bridgehead atoms. The summed E-state index contributed by atoms with van der Waals surface area (Å²) in [4.78, 5) is 36.7. The molecule has 0 aromatic heterocycles. The average Bonchev–Trinajstić information content (AvgIpc) is 2.92. The predicted octanol–water partition coefficient (Wildman–Crippen LogP) is 3.70. The van der Waals surface area contributed by atoms with Crippen LogP contribution < -0.4 is 0 Å². The zero-order valence-electron chi connectivity index (χ0n) is 16.4. The number of rotatable bonds is 6. The molecule has 5 heteroatoms. The molecule has 142 valence electrons. The SMILES string of the molecule is C/C=C/CC1=C(C)[C@H]([C@@]2(C(=O)O)[C@H](/C=C(\C)C(=O)OC)C2(C)C)CC1=O. The summed E-state index contributed by atoms with van der Waals surface area (Å²) >= 11 is 0. The van der Waals surface area contributed by atoms with Gasteiger partial charge in [-0.3, -0.25) is 9.59 Å². The number of hydrogen-bond acceptors (Lipinski definition) is 4. The largest absolute Gasteiger partial charge is 0.481 e. The second-order valence-electron chi connectivity index (χ2n) is 7.83. The van der Waals surface area contributed by atoms with Gasteiger partial charge in [-0.2, -0.15) is 0 Å². The van der Waals surface area contributed by atoms with Gasteiger partial charge in [0.25, 0.3) is 0 Å². The van der Waals surface area contributed by atoms with Crippen LogP contribution in [0.4, 0.5) is 0 Å². The van der Waals surface area contributed by atoms with Gasteiger partial charge >= 0.3 is 11.9 Å². The molecular weight excluding hydrogens is 332 g/mol. The summed E-state index contributed by atoms with van der Waals surface area (Å²) in [5.41, 5.74) is 0.351. The lowest BCUT2D eigenvalue weighted by Crippen LogP contribution is -2.31. The molecule has 0 radical (unpaired) electrons. The molecule has 3 atom stereocenters. The molecule has 0 amide bonds. The minimum absolute atomic E-state index is 0.0290. The highest BCUT2D eigenvalue weighted by Crippen LogP contribution is 2.75. The monoisotopic (exact) mass is 360 g/mol. The van der Waals surface area contributed by atoms with Gasteiger partial charge in [0, 0.05) is 23.8 Å². The smallest absolute Gasteiger partial charge is 0.333 e. The number of hydrogen-bond donors (Lipinski definition) is 1. The van der Waals surface area contributed by atoms with E-state index in [2.05, 4.69) is 0 Å². The summed E-state index contributed by atoms with van der Waals surface area (Å²) in [6, 6.07) is 0. The van der Waals surface area contributed by atoms with E-state index in [0.717, 1.165) is 11.1 Å². The Labute approximate surface area is 154 Å². The lowest BCUT2D eigenvalue weighted by atomic mass is 9.78. The molecule has 2 aliphatic rings. The van der Waals surface area contributed by atoms with Gasteiger partial charge < -0.3 is 9.84 Å². The van der Waals surface area contributed by atoms with Crippen molar-refractivity contribution in [2.75, 3.05) is 7.11 Å². The van der Waals surface area contributed by atoms with Gasteiger partial charge in [-0.1, -0.05) is 37.6 Å². The maximum atomic E-state index is 12.5. The van der Waals surface area contributed by atoms with Crippen LogP contribution >= 0.6 is 0 Å². The van der Waals surface area contributed by atoms with Crippen LogP contribution in [-0.2, 0) is 19.1 Å². The Kier molecular flexibility index (Phi) is 5.31. The van der Waals surface area contributed by atoms with Crippen LogP contribution in [0.3, 0.4) is 0 Å². The molecule has 0 heterocycles. The number of allylic oxidation sites excluding steroid dienone is 5. The van der Waals surface area contributed by atoms with Crippen LogP contribution in [0.15, 0.2) is 34.9 Å². The van der Waals surface area contributed by atoms with Gasteiger partial charge in [-0.25, -0.2) is 4.79 Å². The molecule has 0 aromatic rings. The van der Waals surface area contributed by atoms with E-state index in [9.17, 15) is 19.5 Å². The standard InChI is InChI=1S/C21H28O5/c1-7-8-9-14-13(3)15(11-16(14)22)21(19(24)25)17(20(21,4)5)10-12(2)18(23)26-6/h7-8,10,15,17H,9,11H2,1-6H3,(H,24,25)/b8-7+,12-10+/t15-,17-,21+/m1/s1. The molecule has 26 heavy (non-hydrogen) atoms. The molecule has 0 unspecified atom stereocenters. The van der Waals surface area contributed by atoms with Gasteiger partial charge in [0.2, 0.25) is 0 Å². The van der Waals surface area contributed by atoms with Crippen molar-refractivity contribution < 1.29 is 24.2 Å². The number of aliphatic carboxylic acids is 1. The summed E-state index contributed by atoms with van der Waals surface area (Å²) in [7, 11) is 1.30. The van der Waals surface area contributed by atoms with E-state index in [1.807, 2.05) is 39.8 Å². The number of esters is 1. The fourth-order valence-corrected chi connectivity index (χ4v) is 4.78. The Morgan fingerprint density at radius 1 is 1.35 bits per heavy atom. The van der Waals surface area contributed by atoms with E-state index in [4.69, 9.17) is 4.74 Å². The van der Waals surface area contributed by atoms with Crippen LogP contribution in [0.2, 0.25) is 0 Å². The van der Waals surface area contributed by atoms with Crippen LogP contribution in [0, 0.1) is 22.7 Å². The minimum Gasteiger partial charge on any atom is -0.481 e. The number of carbonyl (C=O) groups excluding carboxylic acids is 2. The quantitative estimate of drug-likeness (QED) is 0.444. The van der Waals surface area contributed by atoms with E-state index in [1.165, 1.54) is 7.11 Å². The Morgan fingerprint density at radius 3 is 2.46 bits per heavy atom. The van der Waals surface area contributed by atoms with Gasteiger partial charge in [0.05, 0.1) is 12.5 Å². The fraction of sp³-hybridized carbons (Fsp3) is 0.571. The first kappa shape index (κ1) is 20.1. The molecule has 0 aliphatic heterocycles. The summed E-state index contributed by atoms with van der Waals surface area (Å²) in [5, 5.41) is 10.2. The molecule has 2 rings (SSSR count). The second kappa shape index (κ2) is 6.86. The maximum absolute atomic E-state index is 12.5. The van der Waals surface area contributed by atoms with Crippen molar-refractivity contribution in [3.63, 3.8) is 0 Å². The summed E-state index contributed by atoms with van der Waals surface area (Å²) in [6.07, 6.45) is 6.27. The third-order valence-electron chi connectivity index (χ3n) is 6.36. The van der Waals surface area contributed by atoms with E-state index in [1.54, 1.807) is 13.0 Å². The number of methoxy groups -OCH3 is 1. The molecule has 0 spiro atoms. The first-order valence-electron chi connectivity index (χ1n) is 8.91. The van der Waals surface area contributed by atoms with Crippen molar-refractivity contribution in [2.24, 2.45) is 22.7 Å². The summed E-state index contributed by atoms with van der Waals surface area (Å²) in [5.74, 6) is -2.03. The van der Waals surface area contributed by atoms with Crippen LogP contribution in [0.1, 0.15) is 47.5 Å². The van der Waals surface area contributed by atoms with Crippen molar-refractivity contribution in [3.8, 4) is 0 Å². The number of ketones is 1. The third kappa shape index (κ3) is 2.74. The molecule has 2 aliphatic carbocycles. The molecule has 0 aromatic carbocycles. The van der Waals surface area contributed by atoms with Gasteiger partial charge in [-0.05, 0) is 38.2 Å². The molecule has 0 saturated heterocycles. The first-order chi connectivity index (χ1) is 12.1. The molecule has 1 N–H and O–H groups in total. The highest BCUT2D eigenvalue weighted by molar-refractivity contribution is 6.01. The van der Waals surface area contributed by atoms with Gasteiger partial charge in [0.1, 0.15) is 0 Å². The van der Waals surface area contributed by atoms with Crippen molar-refractivity contribution in [2.45, 2.75) is 47.5 Å². The van der Waals surface area contributed by atoms with Crippen LogP contribution in [0.5, 0.6) is 0 Å². The van der Waals surface area contributed by atoms with E-state index >= 15 is 0 Å². The molecule has 1 fully saturated rings. The molecular formula is C21H28O5. The average molecular weight is 360 g/mol. The molecule has 5 nitrogen and oxygen atoms in total. The fourth-order valence-electron chi connectivity index (χ4n) is 4.78. The summed E-state index contributed by atoms with van der Waals surface area (Å²) in [6.45, 7) is 9.20. The normalized spacial score (nSPS) is 30.8. The Bertz CT molecular complexity index is 738. The predicted molar refractivity (Wildman–Crippen MR) is 98.4 cm³/mol. The lowest BCUT2D eigenvalue weighted by Gasteiger charge is -2.24. The number of Topliss-reactive ketones (excluding diaryl/α,β-unsaturated/α-hetero) is 1. The zero-order chi connectivity index (χ0) is 19.9. The summed E-state index contributed by atoms with van der Waals surface area (Å²) < 4.78 is 4.74. The van der Waals surface area contributed by atoms with Gasteiger partial charge in [-0.15, -0.1) is 0 Å². The number of carboxylic acid groups (broad SMARTS) is 1. The Balaban J connectivity index is 2.50. The van der Waals surface area contributed by atoms with Crippen molar-refractivity contribution >= 4 is 17.7 Å². The zero-order valence-corrected chi connectivity index (χ0v) is 16.4. The van der Waals surface area contributed by atoms with Crippen molar-refractivity contribution in [1.82, 2.24) is 0 Å². The minimum atomic E-state index is -1.08. The Morgan fingerprint density at radius 2 is 1.96 bits per heavy atom. The van der Waals surface area contributed by atoms with Crippen molar-refractivity contribution in [1.29, 1.82) is 0 Å². The topological polar surface area (TPSA) is 80.7 Å². The number of carboxylic acids is 1. The molecule has 1 saturated carbocycles. The number of carbonyl (C=O) groups is 3. The maximum Gasteiger partial charge on any atom is 0.333 e. The van der Waals surface area contributed by atoms with Crippen LogP contribution in [-0.4, -0.2) is 29.9 Å². The lowest BCUT2D eigenvalue weighted by molar-refractivity contribution is -0.147. The van der Waals surface area contributed by atoms with E-state index < -0.39 is 22.8 Å². The second-order valence-corrected chi connectivity index (χ2v) is 7.83. The van der Waals surface area contributed by atoms with Crippen LogP contribution in [0.25, 0.3) is 0 Å². The van der Waals surface area contributed by atoms with E-state index in [0.29, 0.717) is 12.0 Å². The Hall–Kier alpha value is -2.17. The third-order valence-corrected chi connectivity index (χ3v) is 6.36. The van der Waals surface area contributed by atoms with Gasteiger partial charge in [0.15, 0.2) is 5.78 Å². The highest BCUT2D eigenvalue weighted by atomic mass is 16.5. The van der Waals surface area contributed by atoms with Crippen molar-refractivity contribution in [3.05, 3.63) is 34.9 Å². The first-order valence-corrected chi connectivity index (χ1v) is 8.91. The highest BCUT2D eigenvalue weighted by Gasteiger charge is 2.78.